The van der Waals surface area contributed by atoms with Crippen LogP contribution in [0.15, 0.2) is 36.4 Å². The monoisotopic (exact) mass is 322 g/mol. The van der Waals surface area contributed by atoms with Crippen LogP contribution in [0.2, 0.25) is 15.1 Å². The lowest BCUT2D eigenvalue weighted by atomic mass is 10.2. The summed E-state index contributed by atoms with van der Waals surface area (Å²) in [7, 11) is 0. The maximum atomic E-state index is 6.11. The summed E-state index contributed by atoms with van der Waals surface area (Å²) in [5.74, 6) is 0.744. The maximum Gasteiger partial charge on any atom is 0.131 e. The zero-order valence-corrected chi connectivity index (χ0v) is 12.5. The molecule has 5 heteroatoms. The fourth-order valence-electron chi connectivity index (χ4n) is 1.89. The average Bonchev–Trinajstić information content (AvgIpc) is 2.79. The Morgan fingerprint density at radius 3 is 2.45 bits per heavy atom. The molecular weight excluding hydrogens is 315 g/mol. The van der Waals surface area contributed by atoms with Gasteiger partial charge >= 0.3 is 0 Å². The molecule has 3 rings (SSSR count). The summed E-state index contributed by atoms with van der Waals surface area (Å²) < 4.78 is 0. The van der Waals surface area contributed by atoms with E-state index >= 15 is 0 Å². The van der Waals surface area contributed by atoms with Gasteiger partial charge in [0, 0.05) is 15.1 Å². The molecule has 1 heterocycles. The van der Waals surface area contributed by atoms with Crippen LogP contribution >= 0.6 is 34.8 Å². The average molecular weight is 324 g/mol. The number of hydrogen-bond donors (Lipinski definition) is 1. The number of benzene rings is 2. The van der Waals surface area contributed by atoms with Gasteiger partial charge < -0.3 is 4.98 Å². The minimum absolute atomic E-state index is 0.605. The number of fused-ring (bicyclic) bond motifs is 1. The van der Waals surface area contributed by atoms with Crippen molar-refractivity contribution in [3.05, 3.63) is 62.9 Å². The molecule has 0 aliphatic rings. The van der Waals surface area contributed by atoms with Gasteiger partial charge in [0.2, 0.25) is 0 Å². The van der Waals surface area contributed by atoms with E-state index in [-0.39, 0.29) is 0 Å². The summed E-state index contributed by atoms with van der Waals surface area (Å²) in [6, 6.07) is 10.9. The van der Waals surface area contributed by atoms with E-state index in [1.807, 2.05) is 36.4 Å². The molecule has 0 fully saturated rings. The zero-order chi connectivity index (χ0) is 14.1. The summed E-state index contributed by atoms with van der Waals surface area (Å²) in [6.07, 6.45) is 3.75. The molecule has 1 N–H and O–H groups in total. The predicted octanol–water partition coefficient (Wildman–Crippen LogP) is 5.69. The lowest BCUT2D eigenvalue weighted by Gasteiger charge is -1.97. The lowest BCUT2D eigenvalue weighted by molar-refractivity contribution is 1.29. The molecule has 20 heavy (non-hydrogen) atoms. The molecule has 0 saturated heterocycles. The normalized spacial score (nSPS) is 11.6. The van der Waals surface area contributed by atoms with E-state index in [0.29, 0.717) is 15.1 Å². The maximum absolute atomic E-state index is 6.11. The van der Waals surface area contributed by atoms with Gasteiger partial charge in [0.1, 0.15) is 5.82 Å². The highest BCUT2D eigenvalue weighted by molar-refractivity contribution is 6.35. The quantitative estimate of drug-likeness (QED) is 0.644. The first-order chi connectivity index (χ1) is 9.61. The second kappa shape index (κ2) is 5.49. The number of rotatable bonds is 2. The molecule has 0 radical (unpaired) electrons. The topological polar surface area (TPSA) is 28.7 Å². The van der Waals surface area contributed by atoms with Gasteiger partial charge in [-0.25, -0.2) is 4.98 Å². The van der Waals surface area contributed by atoms with Crippen LogP contribution in [0.25, 0.3) is 23.2 Å². The van der Waals surface area contributed by atoms with Crippen LogP contribution in [-0.2, 0) is 0 Å². The van der Waals surface area contributed by atoms with E-state index in [1.165, 1.54) is 0 Å². The van der Waals surface area contributed by atoms with Crippen molar-refractivity contribution in [3.8, 4) is 0 Å². The van der Waals surface area contributed by atoms with Gasteiger partial charge in [0.15, 0.2) is 0 Å². The number of nitrogens with zero attached hydrogens (tertiary/aromatic N) is 1. The van der Waals surface area contributed by atoms with E-state index in [1.54, 1.807) is 12.1 Å². The van der Waals surface area contributed by atoms with E-state index in [2.05, 4.69) is 9.97 Å². The third-order valence-corrected chi connectivity index (χ3v) is 3.64. The number of nitrogens with one attached hydrogen (secondary N) is 1. The van der Waals surface area contributed by atoms with E-state index in [9.17, 15) is 0 Å². The third-order valence-electron chi connectivity index (χ3n) is 2.85. The molecule has 0 amide bonds. The van der Waals surface area contributed by atoms with Crippen LogP contribution < -0.4 is 0 Å². The Hall–Kier alpha value is -1.48. The van der Waals surface area contributed by atoms with Crippen LogP contribution in [0.5, 0.6) is 0 Å². The van der Waals surface area contributed by atoms with Gasteiger partial charge in [-0.15, -0.1) is 0 Å². The van der Waals surface area contributed by atoms with Crippen molar-refractivity contribution >= 4 is 58.0 Å². The van der Waals surface area contributed by atoms with Gasteiger partial charge in [-0.2, -0.15) is 0 Å². The fraction of sp³-hybridized carbons (Fsp3) is 0. The molecule has 100 valence electrons. The molecule has 2 nitrogen and oxygen atoms in total. The smallest absolute Gasteiger partial charge is 0.131 e. The molecule has 0 spiro atoms. The van der Waals surface area contributed by atoms with Gasteiger partial charge in [-0.1, -0.05) is 40.9 Å². The SMILES string of the molecule is Clc1ccc(/C=C/c2nc3ccc(Cl)cc3[nH]2)c(Cl)c1. The van der Waals surface area contributed by atoms with Gasteiger partial charge in [-0.05, 0) is 48.0 Å². The number of H-pyrrole nitrogens is 1. The van der Waals surface area contributed by atoms with E-state index in [0.717, 1.165) is 22.4 Å². The number of imidazole rings is 1. The molecule has 0 atom stereocenters. The highest BCUT2D eigenvalue weighted by Gasteiger charge is 2.01. The van der Waals surface area contributed by atoms with Gasteiger partial charge in [-0.3, -0.25) is 0 Å². The Morgan fingerprint density at radius 1 is 0.900 bits per heavy atom. The van der Waals surface area contributed by atoms with Crippen molar-refractivity contribution in [2.45, 2.75) is 0 Å². The van der Waals surface area contributed by atoms with E-state index in [4.69, 9.17) is 34.8 Å². The summed E-state index contributed by atoms with van der Waals surface area (Å²) in [6.45, 7) is 0. The summed E-state index contributed by atoms with van der Waals surface area (Å²) in [5.41, 5.74) is 2.66. The molecule has 0 unspecified atom stereocenters. The molecule has 0 bridgehead atoms. The molecule has 0 saturated carbocycles. The van der Waals surface area contributed by atoms with Crippen LogP contribution in [-0.4, -0.2) is 9.97 Å². The minimum Gasteiger partial charge on any atom is -0.338 e. The Morgan fingerprint density at radius 2 is 1.65 bits per heavy atom. The second-order valence-corrected chi connectivity index (χ2v) is 5.56. The van der Waals surface area contributed by atoms with E-state index < -0.39 is 0 Å². The van der Waals surface area contributed by atoms with Gasteiger partial charge in [0.05, 0.1) is 11.0 Å². The summed E-state index contributed by atoms with van der Waals surface area (Å²) >= 11 is 17.9. The highest BCUT2D eigenvalue weighted by atomic mass is 35.5. The van der Waals surface area contributed by atoms with Crippen molar-refractivity contribution < 1.29 is 0 Å². The molecular formula is C15H9Cl3N2. The van der Waals surface area contributed by atoms with Crippen LogP contribution in [0.4, 0.5) is 0 Å². The Labute approximate surface area is 131 Å². The molecule has 3 aromatic rings. The first-order valence-corrected chi connectivity index (χ1v) is 7.03. The lowest BCUT2D eigenvalue weighted by Crippen LogP contribution is -1.77. The first kappa shape index (κ1) is 13.5. The van der Waals surface area contributed by atoms with Crippen molar-refractivity contribution in [1.29, 1.82) is 0 Å². The first-order valence-electron chi connectivity index (χ1n) is 5.90. The van der Waals surface area contributed by atoms with Crippen LogP contribution in [0.1, 0.15) is 11.4 Å². The molecule has 0 aliphatic carbocycles. The van der Waals surface area contributed by atoms with Crippen molar-refractivity contribution in [3.63, 3.8) is 0 Å². The number of aromatic amines is 1. The number of hydrogen-bond acceptors (Lipinski definition) is 1. The van der Waals surface area contributed by atoms with Gasteiger partial charge in [0.25, 0.3) is 0 Å². The predicted molar refractivity (Wildman–Crippen MR) is 86.5 cm³/mol. The van der Waals surface area contributed by atoms with Crippen molar-refractivity contribution in [1.82, 2.24) is 9.97 Å². The van der Waals surface area contributed by atoms with Crippen LogP contribution in [0, 0.1) is 0 Å². The second-order valence-electron chi connectivity index (χ2n) is 4.28. The third kappa shape index (κ3) is 2.83. The van der Waals surface area contributed by atoms with Crippen molar-refractivity contribution in [2.75, 3.05) is 0 Å². The standard InChI is InChI=1S/C15H9Cl3N2/c16-10-3-1-9(12(18)7-10)2-6-15-19-13-5-4-11(17)8-14(13)20-15/h1-8H,(H,19,20)/b6-2+. The minimum atomic E-state index is 0.605. The van der Waals surface area contributed by atoms with Crippen molar-refractivity contribution in [2.24, 2.45) is 0 Å². The largest absolute Gasteiger partial charge is 0.338 e. The van der Waals surface area contributed by atoms with Crippen LogP contribution in [0.3, 0.4) is 0 Å². The summed E-state index contributed by atoms with van der Waals surface area (Å²) in [4.78, 5) is 7.63. The number of halogens is 3. The zero-order valence-electron chi connectivity index (χ0n) is 10.2. The fourth-order valence-corrected chi connectivity index (χ4v) is 2.53. The molecule has 1 aromatic heterocycles. The Bertz CT molecular complexity index is 806. The molecule has 2 aromatic carbocycles. The Kier molecular flexibility index (Phi) is 3.70. The summed E-state index contributed by atoms with van der Waals surface area (Å²) in [5, 5.41) is 1.90. The highest BCUT2D eigenvalue weighted by Crippen LogP contribution is 2.23. The Balaban J connectivity index is 1.94. The number of aromatic nitrogens is 2. The molecule has 0 aliphatic heterocycles.